The van der Waals surface area contributed by atoms with Gasteiger partial charge in [-0.1, -0.05) is 27.7 Å². The SMILES string of the molecule is CC1(C)[C@H]2CC[C@]1(CS(=O)(=O)OC(=O)c1ccc(C(=O)OS(=O)(=O)C[C@@]34CC[C@@H](CC3=O)C4(C)C)cc1)C(=O)C2. The summed E-state index contributed by atoms with van der Waals surface area (Å²) < 4.78 is 60.9. The van der Waals surface area contributed by atoms with E-state index in [1.807, 2.05) is 27.7 Å². The fraction of sp³-hybridized carbons (Fsp3) is 0.643. The lowest BCUT2D eigenvalue weighted by molar-refractivity contribution is -0.128. The van der Waals surface area contributed by atoms with Gasteiger partial charge in [-0.15, -0.1) is 0 Å². The van der Waals surface area contributed by atoms with Crippen LogP contribution in [0.15, 0.2) is 24.3 Å². The second-order valence-electron chi connectivity index (χ2n) is 13.1. The van der Waals surface area contributed by atoms with Crippen LogP contribution in [0.1, 0.15) is 86.9 Å². The van der Waals surface area contributed by atoms with Crippen molar-refractivity contribution >= 4 is 43.7 Å². The standard InChI is InChI=1S/C28H34O10S2/c1-25(2)19-9-11-27(25,21(29)13-19)15-39(33,34)37-23(31)17-5-7-18(8-6-17)24(32)38-40(35,36)16-28-12-10-20(14-22(28)30)26(28,3)4/h5-8,19-20H,9-16H2,1-4H3/t19-,20-,27-,28-/m0/s1. The van der Waals surface area contributed by atoms with E-state index in [0.717, 1.165) is 37.1 Å². The quantitative estimate of drug-likeness (QED) is 0.409. The molecule has 218 valence electrons. The first kappa shape index (κ1) is 28.9. The van der Waals surface area contributed by atoms with E-state index in [-0.39, 0.29) is 34.5 Å². The molecule has 1 aromatic carbocycles. The zero-order chi connectivity index (χ0) is 29.5. The predicted octanol–water partition coefficient (Wildman–Crippen LogP) is 3.45. The molecule has 10 nitrogen and oxygen atoms in total. The Hall–Kier alpha value is -2.60. The Balaban J connectivity index is 1.24. The van der Waals surface area contributed by atoms with E-state index in [1.165, 1.54) is 0 Å². The highest BCUT2D eigenvalue weighted by Crippen LogP contribution is 2.65. The normalized spacial score (nSPS) is 31.9. The van der Waals surface area contributed by atoms with Crippen LogP contribution in [0.3, 0.4) is 0 Å². The average Bonchev–Trinajstić information content (AvgIpc) is 3.36. The Bertz CT molecular complexity index is 1410. The summed E-state index contributed by atoms with van der Waals surface area (Å²) in [5, 5.41) is 0. The van der Waals surface area contributed by atoms with Crippen molar-refractivity contribution in [3.8, 4) is 0 Å². The van der Waals surface area contributed by atoms with Gasteiger partial charge in [-0.3, -0.25) is 9.59 Å². The molecule has 4 aliphatic carbocycles. The Kier molecular flexibility index (Phi) is 6.47. The van der Waals surface area contributed by atoms with E-state index in [1.54, 1.807) is 0 Å². The van der Waals surface area contributed by atoms with Crippen molar-refractivity contribution in [1.82, 2.24) is 0 Å². The van der Waals surface area contributed by atoms with E-state index in [4.69, 9.17) is 8.37 Å². The Labute approximate surface area is 234 Å². The fourth-order valence-corrected chi connectivity index (χ4v) is 11.3. The van der Waals surface area contributed by atoms with Crippen molar-refractivity contribution < 1.29 is 44.4 Å². The van der Waals surface area contributed by atoms with Crippen molar-refractivity contribution in [2.75, 3.05) is 11.5 Å². The first-order valence-corrected chi connectivity index (χ1v) is 16.6. The summed E-state index contributed by atoms with van der Waals surface area (Å²) in [7, 11) is -8.82. The molecule has 4 atom stereocenters. The zero-order valence-electron chi connectivity index (χ0n) is 23.0. The Morgan fingerprint density at radius 1 is 0.700 bits per heavy atom. The smallest absolute Gasteiger partial charge is 0.341 e. The molecule has 0 spiro atoms. The van der Waals surface area contributed by atoms with Crippen LogP contribution in [0.4, 0.5) is 0 Å². The maximum atomic E-state index is 12.8. The Morgan fingerprint density at radius 3 is 1.27 bits per heavy atom. The molecule has 0 N–H and O–H groups in total. The van der Waals surface area contributed by atoms with Gasteiger partial charge in [0.25, 0.3) is 0 Å². The van der Waals surface area contributed by atoms with Crippen molar-refractivity contribution in [1.29, 1.82) is 0 Å². The number of hydrogen-bond donors (Lipinski definition) is 0. The van der Waals surface area contributed by atoms with Crippen LogP contribution in [0.25, 0.3) is 0 Å². The number of carbonyl (C=O) groups excluding carboxylic acids is 4. The van der Waals surface area contributed by atoms with Crippen molar-refractivity contribution in [3.05, 3.63) is 35.4 Å². The minimum Gasteiger partial charge on any atom is -0.341 e. The van der Waals surface area contributed by atoms with Crippen molar-refractivity contribution in [2.24, 2.45) is 33.5 Å². The molecule has 4 fully saturated rings. The summed E-state index contributed by atoms with van der Waals surface area (Å²) in [5.41, 5.74) is -3.59. The molecule has 0 unspecified atom stereocenters. The highest BCUT2D eigenvalue weighted by molar-refractivity contribution is 7.87. The molecule has 0 saturated heterocycles. The van der Waals surface area contributed by atoms with Gasteiger partial charge in [0.1, 0.15) is 11.6 Å². The monoisotopic (exact) mass is 594 g/mol. The maximum Gasteiger partial charge on any atom is 0.353 e. The molecule has 12 heteroatoms. The van der Waals surface area contributed by atoms with Crippen molar-refractivity contribution in [3.63, 3.8) is 0 Å². The van der Waals surface area contributed by atoms with Gasteiger partial charge in [-0.05, 0) is 72.6 Å². The molecular weight excluding hydrogens is 560 g/mol. The van der Waals surface area contributed by atoms with Crippen LogP contribution in [0.2, 0.25) is 0 Å². The Morgan fingerprint density at radius 2 is 1.02 bits per heavy atom. The summed E-state index contributed by atoms with van der Waals surface area (Å²) in [5.74, 6) is -3.59. The van der Waals surface area contributed by atoms with Crippen LogP contribution in [0, 0.1) is 33.5 Å². The molecular formula is C28H34O10S2. The third-order valence-electron chi connectivity index (χ3n) is 10.9. The van der Waals surface area contributed by atoms with E-state index in [0.29, 0.717) is 25.7 Å². The molecule has 4 saturated carbocycles. The van der Waals surface area contributed by atoms with Gasteiger partial charge in [-0.25, -0.2) is 9.59 Å². The molecule has 0 aromatic heterocycles. The molecule has 0 radical (unpaired) electrons. The van der Waals surface area contributed by atoms with Gasteiger partial charge < -0.3 is 8.37 Å². The third-order valence-corrected chi connectivity index (χ3v) is 13.4. The summed E-state index contributed by atoms with van der Waals surface area (Å²) in [6, 6.07) is 4.50. The van der Waals surface area contributed by atoms with Crippen LogP contribution in [-0.4, -0.2) is 51.8 Å². The zero-order valence-corrected chi connectivity index (χ0v) is 24.7. The summed E-state index contributed by atoms with van der Waals surface area (Å²) in [4.78, 5) is 50.6. The lowest BCUT2D eigenvalue weighted by atomic mass is 9.70. The van der Waals surface area contributed by atoms with E-state index in [9.17, 15) is 36.0 Å². The molecule has 5 rings (SSSR count). The molecule has 1 aromatic rings. The van der Waals surface area contributed by atoms with Gasteiger partial charge in [0.15, 0.2) is 0 Å². The maximum absolute atomic E-state index is 12.8. The molecule has 4 bridgehead atoms. The van der Waals surface area contributed by atoms with Crippen LogP contribution < -0.4 is 0 Å². The summed E-state index contributed by atoms with van der Waals surface area (Å²) >= 11 is 0. The number of ketones is 2. The van der Waals surface area contributed by atoms with Crippen molar-refractivity contribution in [2.45, 2.75) is 66.2 Å². The second-order valence-corrected chi connectivity index (χ2v) is 16.2. The van der Waals surface area contributed by atoms with Gasteiger partial charge in [0.05, 0.1) is 33.5 Å². The third kappa shape index (κ3) is 4.24. The van der Waals surface area contributed by atoms with Gasteiger partial charge >= 0.3 is 32.2 Å². The second kappa shape index (κ2) is 8.95. The average molecular weight is 595 g/mol. The summed E-state index contributed by atoms with van der Waals surface area (Å²) in [6.07, 6.45) is 2.97. The first-order valence-electron chi connectivity index (χ1n) is 13.5. The van der Waals surface area contributed by atoms with Gasteiger partial charge in [0, 0.05) is 12.8 Å². The number of rotatable bonds is 8. The number of Topliss-reactive ketones (excluding diaryl/α,β-unsaturated/α-hetero) is 2. The predicted molar refractivity (Wildman–Crippen MR) is 142 cm³/mol. The summed E-state index contributed by atoms with van der Waals surface area (Å²) in [6.45, 7) is 7.51. The molecule has 4 aliphatic rings. The lowest BCUT2D eigenvalue weighted by Gasteiger charge is -2.35. The molecule has 0 amide bonds. The van der Waals surface area contributed by atoms with Crippen LogP contribution in [-0.2, 0) is 38.2 Å². The number of carbonyl (C=O) groups is 4. The highest BCUT2D eigenvalue weighted by atomic mass is 32.2. The molecule has 40 heavy (non-hydrogen) atoms. The van der Waals surface area contributed by atoms with Gasteiger partial charge in [-0.2, -0.15) is 16.8 Å². The van der Waals surface area contributed by atoms with Gasteiger partial charge in [0.2, 0.25) is 0 Å². The highest BCUT2D eigenvalue weighted by Gasteiger charge is 2.66. The van der Waals surface area contributed by atoms with E-state index >= 15 is 0 Å². The molecule has 0 aliphatic heterocycles. The lowest BCUT2D eigenvalue weighted by Crippen LogP contribution is -2.43. The largest absolute Gasteiger partial charge is 0.353 e. The van der Waals surface area contributed by atoms with Crippen LogP contribution in [0.5, 0.6) is 0 Å². The minimum atomic E-state index is -4.41. The topological polar surface area (TPSA) is 155 Å². The van der Waals surface area contributed by atoms with E-state index < -0.39 is 65.3 Å². The number of benzene rings is 1. The first-order chi connectivity index (χ1) is 18.4. The number of hydrogen-bond acceptors (Lipinski definition) is 10. The minimum absolute atomic E-state index is 0.0990. The van der Waals surface area contributed by atoms with E-state index in [2.05, 4.69) is 0 Å². The van der Waals surface area contributed by atoms with Crippen LogP contribution >= 0.6 is 0 Å². The number of fused-ring (bicyclic) bond motifs is 4. The fourth-order valence-electron chi connectivity index (χ4n) is 7.95. The molecule has 0 heterocycles.